The molecule has 1 fully saturated rings. The number of anilines is 1. The molecule has 2 aromatic heterocycles. The van der Waals surface area contributed by atoms with Crippen LogP contribution in [-0.2, 0) is 0 Å². The van der Waals surface area contributed by atoms with Crippen LogP contribution in [0.2, 0.25) is 0 Å². The molecule has 0 aliphatic carbocycles. The highest BCUT2D eigenvalue weighted by Crippen LogP contribution is 2.33. The molecule has 1 aromatic carbocycles. The topological polar surface area (TPSA) is 34.0 Å². The number of rotatable bonds is 2. The lowest BCUT2D eigenvalue weighted by molar-refractivity contribution is 0.920. The van der Waals surface area contributed by atoms with Crippen molar-refractivity contribution in [3.05, 3.63) is 40.1 Å². The minimum atomic E-state index is 0.798. The molecule has 4 rings (SSSR count). The number of hydrogen-bond donors (Lipinski definition) is 0. The summed E-state index contributed by atoms with van der Waals surface area (Å²) in [6, 6.07) is 10.2. The van der Waals surface area contributed by atoms with E-state index in [9.17, 15) is 0 Å². The first-order valence-corrected chi connectivity index (χ1v) is 8.67. The van der Waals surface area contributed by atoms with Crippen molar-refractivity contribution in [3.63, 3.8) is 0 Å². The molecule has 1 aliphatic rings. The molecule has 6 heteroatoms. The van der Waals surface area contributed by atoms with Crippen LogP contribution in [-0.4, -0.2) is 27.6 Å². The minimum absolute atomic E-state index is 0.798. The van der Waals surface area contributed by atoms with Crippen LogP contribution in [0.1, 0.15) is 18.7 Å². The molecule has 3 heterocycles. The Balaban J connectivity index is 2.00. The highest BCUT2D eigenvalue weighted by molar-refractivity contribution is 7.73. The summed E-state index contributed by atoms with van der Waals surface area (Å²) in [7, 11) is 0. The highest BCUT2D eigenvalue weighted by Gasteiger charge is 2.21. The summed E-state index contributed by atoms with van der Waals surface area (Å²) < 4.78 is 3.98. The maximum absolute atomic E-state index is 5.61. The highest BCUT2D eigenvalue weighted by atomic mass is 32.1. The molecule has 0 spiro atoms. The van der Waals surface area contributed by atoms with Crippen molar-refractivity contribution in [3.8, 4) is 5.69 Å². The van der Waals surface area contributed by atoms with Gasteiger partial charge in [0.2, 0.25) is 0 Å². The Hall–Kier alpha value is -1.79. The van der Waals surface area contributed by atoms with Gasteiger partial charge in [-0.1, -0.05) is 29.5 Å². The lowest BCUT2D eigenvalue weighted by Crippen LogP contribution is -2.19. The summed E-state index contributed by atoms with van der Waals surface area (Å²) >= 11 is 7.21. The van der Waals surface area contributed by atoms with E-state index >= 15 is 0 Å². The molecule has 0 N–H and O–H groups in total. The summed E-state index contributed by atoms with van der Waals surface area (Å²) in [5.41, 5.74) is 1.99. The van der Waals surface area contributed by atoms with E-state index in [1.807, 2.05) is 25.1 Å². The average Bonchev–Trinajstić information content (AvgIpc) is 3.14. The molecule has 1 aliphatic heterocycles. The van der Waals surface area contributed by atoms with Crippen molar-refractivity contribution in [2.45, 2.75) is 19.8 Å². The SMILES string of the molecule is Cc1nc(N2CCCC2)c2sc(=S)n(-c3ccccc3)c2n1. The molecular formula is C16H16N4S2. The van der Waals surface area contributed by atoms with Crippen molar-refractivity contribution < 1.29 is 0 Å². The molecule has 112 valence electrons. The van der Waals surface area contributed by atoms with Crippen molar-refractivity contribution in [2.24, 2.45) is 0 Å². The number of aromatic nitrogens is 3. The van der Waals surface area contributed by atoms with Gasteiger partial charge in [0.25, 0.3) is 0 Å². The Kier molecular flexibility index (Phi) is 3.43. The third kappa shape index (κ3) is 2.23. The third-order valence-corrected chi connectivity index (χ3v) is 5.30. The van der Waals surface area contributed by atoms with Gasteiger partial charge in [0.05, 0.1) is 0 Å². The summed E-state index contributed by atoms with van der Waals surface area (Å²) in [5.74, 6) is 1.85. The zero-order valence-corrected chi connectivity index (χ0v) is 14.0. The normalized spacial score (nSPS) is 14.9. The van der Waals surface area contributed by atoms with E-state index in [0.717, 1.165) is 44.7 Å². The quantitative estimate of drug-likeness (QED) is 0.663. The Bertz CT molecular complexity index is 876. The molecule has 0 radical (unpaired) electrons. The van der Waals surface area contributed by atoms with Gasteiger partial charge in [-0.15, -0.1) is 0 Å². The van der Waals surface area contributed by atoms with Gasteiger partial charge in [0.15, 0.2) is 15.4 Å². The van der Waals surface area contributed by atoms with Crippen LogP contribution >= 0.6 is 23.6 Å². The predicted octanol–water partition coefficient (Wildman–Crippen LogP) is 4.12. The predicted molar refractivity (Wildman–Crippen MR) is 93.8 cm³/mol. The molecule has 3 aromatic rings. The fourth-order valence-electron chi connectivity index (χ4n) is 2.94. The first-order chi connectivity index (χ1) is 10.7. The van der Waals surface area contributed by atoms with Crippen molar-refractivity contribution in [1.82, 2.24) is 14.5 Å². The van der Waals surface area contributed by atoms with Crippen LogP contribution in [0.15, 0.2) is 30.3 Å². The van der Waals surface area contributed by atoms with E-state index < -0.39 is 0 Å². The van der Waals surface area contributed by atoms with Crippen LogP contribution in [0.5, 0.6) is 0 Å². The Morgan fingerprint density at radius 3 is 2.55 bits per heavy atom. The summed E-state index contributed by atoms with van der Waals surface area (Å²) in [5, 5.41) is 0. The lowest BCUT2D eigenvalue weighted by Gasteiger charge is -2.17. The Morgan fingerprint density at radius 2 is 1.82 bits per heavy atom. The van der Waals surface area contributed by atoms with E-state index in [0.29, 0.717) is 0 Å². The first kappa shape index (κ1) is 13.8. The third-order valence-electron chi connectivity index (χ3n) is 3.95. The van der Waals surface area contributed by atoms with Crippen molar-refractivity contribution >= 4 is 39.7 Å². The van der Waals surface area contributed by atoms with E-state index in [-0.39, 0.29) is 0 Å². The zero-order valence-electron chi connectivity index (χ0n) is 12.3. The maximum Gasteiger partial charge on any atom is 0.168 e. The Labute approximate surface area is 138 Å². The second kappa shape index (κ2) is 5.44. The number of aryl methyl sites for hydroxylation is 1. The first-order valence-electron chi connectivity index (χ1n) is 7.44. The van der Waals surface area contributed by atoms with Gasteiger partial charge in [0.1, 0.15) is 10.5 Å². The van der Waals surface area contributed by atoms with Crippen LogP contribution in [0.4, 0.5) is 5.82 Å². The van der Waals surface area contributed by atoms with Gasteiger partial charge in [0, 0.05) is 18.8 Å². The number of nitrogens with zero attached hydrogens (tertiary/aromatic N) is 4. The molecule has 4 nitrogen and oxygen atoms in total. The van der Waals surface area contributed by atoms with E-state index in [2.05, 4.69) is 26.6 Å². The second-order valence-corrected chi connectivity index (χ2v) is 7.12. The number of fused-ring (bicyclic) bond motifs is 1. The van der Waals surface area contributed by atoms with Crippen molar-refractivity contribution in [2.75, 3.05) is 18.0 Å². The zero-order chi connectivity index (χ0) is 15.1. The van der Waals surface area contributed by atoms with E-state index in [1.165, 1.54) is 12.8 Å². The van der Waals surface area contributed by atoms with Gasteiger partial charge < -0.3 is 4.90 Å². The molecule has 0 unspecified atom stereocenters. The van der Waals surface area contributed by atoms with Gasteiger partial charge in [-0.3, -0.25) is 4.57 Å². The van der Waals surface area contributed by atoms with Crippen LogP contribution in [0, 0.1) is 10.9 Å². The molecule has 0 bridgehead atoms. The van der Waals surface area contributed by atoms with E-state index in [1.54, 1.807) is 11.3 Å². The number of thiazole rings is 1. The smallest absolute Gasteiger partial charge is 0.168 e. The van der Waals surface area contributed by atoms with Gasteiger partial charge in [-0.2, -0.15) is 0 Å². The number of para-hydroxylation sites is 1. The Morgan fingerprint density at radius 1 is 1.09 bits per heavy atom. The monoisotopic (exact) mass is 328 g/mol. The van der Waals surface area contributed by atoms with Gasteiger partial charge >= 0.3 is 0 Å². The largest absolute Gasteiger partial charge is 0.355 e. The molecular weight excluding hydrogens is 312 g/mol. The fraction of sp³-hybridized carbons (Fsp3) is 0.312. The van der Waals surface area contributed by atoms with Gasteiger partial charge in [-0.25, -0.2) is 9.97 Å². The second-order valence-electron chi connectivity index (χ2n) is 5.48. The van der Waals surface area contributed by atoms with E-state index in [4.69, 9.17) is 17.2 Å². The molecule has 0 amide bonds. The number of hydrogen-bond acceptors (Lipinski definition) is 5. The maximum atomic E-state index is 5.61. The average molecular weight is 328 g/mol. The summed E-state index contributed by atoms with van der Waals surface area (Å²) in [6.07, 6.45) is 2.46. The fourth-order valence-corrected chi connectivity index (χ4v) is 4.34. The number of benzene rings is 1. The van der Waals surface area contributed by atoms with Crippen molar-refractivity contribution in [1.29, 1.82) is 0 Å². The molecule has 1 saturated heterocycles. The van der Waals surface area contributed by atoms with Crippen LogP contribution in [0.25, 0.3) is 16.0 Å². The minimum Gasteiger partial charge on any atom is -0.355 e. The summed E-state index contributed by atoms with van der Waals surface area (Å²) in [6.45, 7) is 4.10. The standard InChI is InChI=1S/C16H16N4S2/c1-11-17-14(19-9-5-6-10-19)13-15(18-11)20(16(21)22-13)12-7-3-2-4-8-12/h2-4,7-8H,5-6,9-10H2,1H3. The van der Waals surface area contributed by atoms with Gasteiger partial charge in [-0.05, 0) is 44.1 Å². The molecule has 0 saturated carbocycles. The van der Waals surface area contributed by atoms with Crippen LogP contribution < -0.4 is 4.90 Å². The molecule has 0 atom stereocenters. The lowest BCUT2D eigenvalue weighted by atomic mass is 10.3. The van der Waals surface area contributed by atoms with Crippen LogP contribution in [0.3, 0.4) is 0 Å². The summed E-state index contributed by atoms with van der Waals surface area (Å²) in [4.78, 5) is 11.7. The molecule has 22 heavy (non-hydrogen) atoms.